The molecule has 8 heteroatoms. The van der Waals surface area contributed by atoms with E-state index in [4.69, 9.17) is 12.2 Å². The topological polar surface area (TPSA) is 63.4 Å². The zero-order chi connectivity index (χ0) is 17.3. The summed E-state index contributed by atoms with van der Waals surface area (Å²) in [6.45, 7) is 0. The number of nitrogens with zero attached hydrogens (tertiary/aromatic N) is 2. The van der Waals surface area contributed by atoms with E-state index in [0.717, 1.165) is 16.2 Å². The van der Waals surface area contributed by atoms with Crippen molar-refractivity contribution in [3.63, 3.8) is 0 Å². The lowest BCUT2D eigenvalue weighted by atomic mass is 10.1. The second-order valence-electron chi connectivity index (χ2n) is 4.81. The molecule has 0 N–H and O–H groups in total. The fourth-order valence-corrected chi connectivity index (χ4v) is 3.90. The van der Waals surface area contributed by atoms with Crippen LogP contribution in [0, 0.1) is 10.1 Å². The molecular formula is C16H9BrN2O3S2. The number of thioether (sulfide) groups is 1. The summed E-state index contributed by atoms with van der Waals surface area (Å²) < 4.78 is 1.22. The lowest BCUT2D eigenvalue weighted by Crippen LogP contribution is -2.27. The van der Waals surface area contributed by atoms with Gasteiger partial charge in [0.2, 0.25) is 0 Å². The van der Waals surface area contributed by atoms with E-state index in [0.29, 0.717) is 20.5 Å². The van der Waals surface area contributed by atoms with E-state index < -0.39 is 4.92 Å². The third-order valence-electron chi connectivity index (χ3n) is 3.28. The van der Waals surface area contributed by atoms with Crippen molar-refractivity contribution in [2.24, 2.45) is 0 Å². The van der Waals surface area contributed by atoms with Crippen molar-refractivity contribution in [1.29, 1.82) is 0 Å². The smallest absolute Gasteiger partial charge is 0.268 e. The van der Waals surface area contributed by atoms with Gasteiger partial charge in [0.1, 0.15) is 0 Å². The minimum atomic E-state index is -0.471. The highest BCUT2D eigenvalue weighted by Gasteiger charge is 2.33. The highest BCUT2D eigenvalue weighted by molar-refractivity contribution is 9.10. The van der Waals surface area contributed by atoms with Crippen LogP contribution in [0.4, 0.5) is 11.4 Å². The summed E-state index contributed by atoms with van der Waals surface area (Å²) in [5.41, 5.74) is 0.973. The number of anilines is 1. The highest BCUT2D eigenvalue weighted by Crippen LogP contribution is 2.37. The molecule has 1 fully saturated rings. The van der Waals surface area contributed by atoms with Crippen LogP contribution in [0.15, 0.2) is 57.9 Å². The monoisotopic (exact) mass is 420 g/mol. The van der Waals surface area contributed by atoms with Gasteiger partial charge < -0.3 is 0 Å². The molecule has 0 aromatic heterocycles. The van der Waals surface area contributed by atoms with Gasteiger partial charge in [-0.1, -0.05) is 58.1 Å². The average Bonchev–Trinajstić information content (AvgIpc) is 2.81. The van der Waals surface area contributed by atoms with Crippen molar-refractivity contribution in [3.8, 4) is 0 Å². The van der Waals surface area contributed by atoms with Crippen LogP contribution in [0.3, 0.4) is 0 Å². The number of hydrogen-bond donors (Lipinski definition) is 0. The molecule has 0 spiro atoms. The van der Waals surface area contributed by atoms with E-state index in [1.165, 1.54) is 17.0 Å². The first-order chi connectivity index (χ1) is 11.5. The summed E-state index contributed by atoms with van der Waals surface area (Å²) in [6, 6.07) is 13.5. The number of hydrogen-bond acceptors (Lipinski definition) is 5. The molecular weight excluding hydrogens is 412 g/mol. The maximum absolute atomic E-state index is 12.7. The molecule has 0 unspecified atom stereocenters. The summed E-state index contributed by atoms with van der Waals surface area (Å²) in [5, 5.41) is 11.1. The Labute approximate surface area is 155 Å². The standard InChI is InChI=1S/C16H9BrN2O3S2/c17-11-5-3-6-12(9-11)18-15(20)14(24-16(18)23)8-10-4-1-2-7-13(10)19(21)22/h1-9H/b14-8+. The number of carbonyl (C=O) groups is 1. The van der Waals surface area contributed by atoms with E-state index in [1.54, 1.807) is 30.3 Å². The SMILES string of the molecule is O=C1/C(=C\c2ccccc2[N+](=O)[O-])SC(=S)N1c1cccc(Br)c1. The van der Waals surface area contributed by atoms with Crippen LogP contribution in [0.2, 0.25) is 0 Å². The molecule has 2 aromatic rings. The summed E-state index contributed by atoms with van der Waals surface area (Å²) in [6.07, 6.45) is 1.51. The molecule has 1 heterocycles. The Morgan fingerprint density at radius 3 is 2.67 bits per heavy atom. The third kappa shape index (κ3) is 3.26. The van der Waals surface area contributed by atoms with Crippen LogP contribution < -0.4 is 4.90 Å². The normalized spacial score (nSPS) is 16.0. The Morgan fingerprint density at radius 2 is 1.96 bits per heavy atom. The van der Waals surface area contributed by atoms with Crippen molar-refractivity contribution < 1.29 is 9.72 Å². The second-order valence-corrected chi connectivity index (χ2v) is 7.40. The number of amides is 1. The molecule has 0 bridgehead atoms. The average molecular weight is 421 g/mol. The van der Waals surface area contributed by atoms with E-state index in [9.17, 15) is 14.9 Å². The number of halogens is 1. The third-order valence-corrected chi connectivity index (χ3v) is 5.08. The molecule has 0 aliphatic carbocycles. The molecule has 3 rings (SSSR count). The number of carbonyl (C=O) groups excluding carboxylic acids is 1. The zero-order valence-electron chi connectivity index (χ0n) is 12.0. The van der Waals surface area contributed by atoms with Crippen LogP contribution in [0.5, 0.6) is 0 Å². The number of benzene rings is 2. The number of nitro benzene ring substituents is 1. The molecule has 0 atom stereocenters. The first-order valence-electron chi connectivity index (χ1n) is 6.74. The Morgan fingerprint density at radius 1 is 1.21 bits per heavy atom. The molecule has 24 heavy (non-hydrogen) atoms. The van der Waals surface area contributed by atoms with Crippen molar-refractivity contribution in [2.45, 2.75) is 0 Å². The molecule has 120 valence electrons. The lowest BCUT2D eigenvalue weighted by Gasteiger charge is -2.14. The lowest BCUT2D eigenvalue weighted by molar-refractivity contribution is -0.385. The Balaban J connectivity index is 1.99. The Bertz CT molecular complexity index is 898. The van der Waals surface area contributed by atoms with Gasteiger partial charge in [-0.3, -0.25) is 19.8 Å². The number of nitro groups is 1. The van der Waals surface area contributed by atoms with Crippen LogP contribution in [0.1, 0.15) is 5.56 Å². The molecule has 1 amide bonds. The van der Waals surface area contributed by atoms with Gasteiger partial charge in [0.25, 0.3) is 11.6 Å². The molecule has 2 aromatic carbocycles. The summed E-state index contributed by atoms with van der Waals surface area (Å²) in [4.78, 5) is 25.1. The van der Waals surface area contributed by atoms with E-state index >= 15 is 0 Å². The van der Waals surface area contributed by atoms with Crippen molar-refractivity contribution in [1.82, 2.24) is 0 Å². The summed E-state index contributed by atoms with van der Waals surface area (Å²) in [5.74, 6) is -0.291. The zero-order valence-corrected chi connectivity index (χ0v) is 15.2. The van der Waals surface area contributed by atoms with E-state index in [-0.39, 0.29) is 11.6 Å². The maximum Gasteiger partial charge on any atom is 0.276 e. The van der Waals surface area contributed by atoms with E-state index in [2.05, 4.69) is 15.9 Å². The first kappa shape index (κ1) is 16.8. The molecule has 1 aliphatic rings. The van der Waals surface area contributed by atoms with Crippen molar-refractivity contribution >= 4 is 67.6 Å². The van der Waals surface area contributed by atoms with Crippen LogP contribution in [0.25, 0.3) is 6.08 Å². The van der Waals surface area contributed by atoms with Crippen LogP contribution in [-0.2, 0) is 4.79 Å². The van der Waals surface area contributed by atoms with Gasteiger partial charge in [0, 0.05) is 10.5 Å². The van der Waals surface area contributed by atoms with Crippen molar-refractivity contribution in [2.75, 3.05) is 4.90 Å². The molecule has 0 saturated carbocycles. The van der Waals surface area contributed by atoms with Crippen molar-refractivity contribution in [3.05, 3.63) is 73.6 Å². The fraction of sp³-hybridized carbons (Fsp3) is 0. The quantitative estimate of drug-likeness (QED) is 0.309. The predicted molar refractivity (Wildman–Crippen MR) is 103 cm³/mol. The molecule has 0 radical (unpaired) electrons. The summed E-state index contributed by atoms with van der Waals surface area (Å²) >= 11 is 9.79. The second kappa shape index (κ2) is 6.84. The van der Waals surface area contributed by atoms with Gasteiger partial charge in [0.05, 0.1) is 21.1 Å². The first-order valence-corrected chi connectivity index (χ1v) is 8.76. The Hall–Kier alpha value is -2.03. The van der Waals surface area contributed by atoms with Gasteiger partial charge in [0.15, 0.2) is 4.32 Å². The number of rotatable bonds is 3. The highest BCUT2D eigenvalue weighted by atomic mass is 79.9. The molecule has 1 saturated heterocycles. The number of para-hydroxylation sites is 1. The molecule has 5 nitrogen and oxygen atoms in total. The Kier molecular flexibility index (Phi) is 4.79. The van der Waals surface area contributed by atoms with Crippen LogP contribution >= 0.6 is 39.9 Å². The number of thiocarbonyl (C=S) groups is 1. The largest absolute Gasteiger partial charge is 0.276 e. The van der Waals surface area contributed by atoms with E-state index in [1.807, 2.05) is 12.1 Å². The maximum atomic E-state index is 12.7. The van der Waals surface area contributed by atoms with Gasteiger partial charge in [-0.05, 0) is 30.3 Å². The van der Waals surface area contributed by atoms with Gasteiger partial charge >= 0.3 is 0 Å². The molecule has 1 aliphatic heterocycles. The van der Waals surface area contributed by atoms with Gasteiger partial charge in [-0.15, -0.1) is 0 Å². The van der Waals surface area contributed by atoms with Gasteiger partial charge in [-0.25, -0.2) is 0 Å². The van der Waals surface area contributed by atoms with Crippen LogP contribution in [-0.4, -0.2) is 15.2 Å². The fourth-order valence-electron chi connectivity index (χ4n) is 2.22. The van der Waals surface area contributed by atoms with Gasteiger partial charge in [-0.2, -0.15) is 0 Å². The minimum Gasteiger partial charge on any atom is -0.268 e. The minimum absolute atomic E-state index is 0.0507. The summed E-state index contributed by atoms with van der Waals surface area (Å²) in [7, 11) is 0. The predicted octanol–water partition coefficient (Wildman–Crippen LogP) is 4.76.